The minimum Gasteiger partial charge on any atom is -0.347 e. The second-order valence-electron chi connectivity index (χ2n) is 7.47. The first-order chi connectivity index (χ1) is 13.9. The van der Waals surface area contributed by atoms with Gasteiger partial charge in [0.15, 0.2) is 0 Å². The first kappa shape index (κ1) is 19.4. The van der Waals surface area contributed by atoms with Gasteiger partial charge < -0.3 is 10.6 Å². The van der Waals surface area contributed by atoms with Gasteiger partial charge in [-0.05, 0) is 57.4 Å². The zero-order chi connectivity index (χ0) is 20.5. The quantitative estimate of drug-likeness (QED) is 0.644. The van der Waals surface area contributed by atoms with Gasteiger partial charge in [-0.15, -0.1) is 11.3 Å². The van der Waals surface area contributed by atoms with Crippen LogP contribution >= 0.6 is 11.3 Å². The number of aromatic nitrogens is 2. The van der Waals surface area contributed by atoms with Crippen LogP contribution in [0, 0.1) is 26.7 Å². The summed E-state index contributed by atoms with van der Waals surface area (Å²) in [6.07, 6.45) is 1.91. The average molecular weight is 409 g/mol. The Kier molecular flexibility index (Phi) is 5.24. The van der Waals surface area contributed by atoms with Gasteiger partial charge in [0, 0.05) is 23.7 Å². The maximum absolute atomic E-state index is 12.7. The molecule has 4 rings (SSSR count). The lowest BCUT2D eigenvalue weighted by Gasteiger charge is -2.07. The molecule has 1 saturated carbocycles. The molecule has 7 heteroatoms. The summed E-state index contributed by atoms with van der Waals surface area (Å²) in [4.78, 5) is 25.3. The van der Waals surface area contributed by atoms with E-state index in [1.165, 1.54) is 11.3 Å². The number of rotatable bonds is 6. The van der Waals surface area contributed by atoms with E-state index in [4.69, 9.17) is 0 Å². The molecule has 0 saturated heterocycles. The van der Waals surface area contributed by atoms with Crippen LogP contribution in [0.3, 0.4) is 0 Å². The summed E-state index contributed by atoms with van der Waals surface area (Å²) >= 11 is 1.32. The van der Waals surface area contributed by atoms with Crippen molar-refractivity contribution >= 4 is 28.2 Å². The Morgan fingerprint density at radius 1 is 1.17 bits per heavy atom. The molecule has 0 unspecified atom stereocenters. The van der Waals surface area contributed by atoms with Crippen LogP contribution in [-0.2, 0) is 11.3 Å². The molecule has 0 spiro atoms. The Hall–Kier alpha value is -2.93. The number of para-hydroxylation sites is 1. The number of amides is 2. The van der Waals surface area contributed by atoms with E-state index in [1.54, 1.807) is 0 Å². The molecule has 1 fully saturated rings. The SMILES string of the molecule is Cc1cc(NC(=O)C2CC2)sc1C(=O)NCc1c(C)nn(-c2ccccc2)c1C. The highest BCUT2D eigenvalue weighted by Crippen LogP contribution is 2.32. The summed E-state index contributed by atoms with van der Waals surface area (Å²) in [6, 6.07) is 11.8. The third-order valence-corrected chi connectivity index (χ3v) is 6.34. The number of thiophene rings is 1. The van der Waals surface area contributed by atoms with E-state index in [-0.39, 0.29) is 17.7 Å². The van der Waals surface area contributed by atoms with Gasteiger partial charge in [0.2, 0.25) is 5.91 Å². The molecule has 150 valence electrons. The van der Waals surface area contributed by atoms with Crippen LogP contribution in [0.15, 0.2) is 36.4 Å². The van der Waals surface area contributed by atoms with Crippen molar-refractivity contribution in [3.8, 4) is 5.69 Å². The lowest BCUT2D eigenvalue weighted by molar-refractivity contribution is -0.117. The zero-order valence-electron chi connectivity index (χ0n) is 16.8. The summed E-state index contributed by atoms with van der Waals surface area (Å²) in [5.74, 6) is 0.0604. The number of benzene rings is 1. The van der Waals surface area contributed by atoms with Gasteiger partial charge >= 0.3 is 0 Å². The van der Waals surface area contributed by atoms with E-state index >= 15 is 0 Å². The maximum Gasteiger partial charge on any atom is 0.261 e. The lowest BCUT2D eigenvalue weighted by Crippen LogP contribution is -2.23. The van der Waals surface area contributed by atoms with Crippen LogP contribution in [0.4, 0.5) is 5.00 Å². The van der Waals surface area contributed by atoms with E-state index in [0.29, 0.717) is 11.4 Å². The Morgan fingerprint density at radius 3 is 2.59 bits per heavy atom. The van der Waals surface area contributed by atoms with Gasteiger partial charge in [-0.3, -0.25) is 9.59 Å². The molecule has 0 bridgehead atoms. The standard InChI is InChI=1S/C22H24N4O2S/c1-13-11-19(24-21(27)16-9-10-16)29-20(13)22(28)23-12-18-14(2)25-26(15(18)3)17-7-5-4-6-8-17/h4-8,11,16H,9-10,12H2,1-3H3,(H,23,28)(H,24,27). The highest BCUT2D eigenvalue weighted by molar-refractivity contribution is 7.18. The van der Waals surface area contributed by atoms with E-state index in [2.05, 4.69) is 15.7 Å². The number of carbonyl (C=O) groups is 2. The third kappa shape index (κ3) is 4.10. The Bertz CT molecular complexity index is 1060. The summed E-state index contributed by atoms with van der Waals surface area (Å²) in [7, 11) is 0. The van der Waals surface area contributed by atoms with Crippen molar-refractivity contribution < 1.29 is 9.59 Å². The molecule has 0 radical (unpaired) electrons. The maximum atomic E-state index is 12.7. The minimum absolute atomic E-state index is 0.0535. The van der Waals surface area contributed by atoms with Crippen molar-refractivity contribution in [1.29, 1.82) is 0 Å². The van der Waals surface area contributed by atoms with Crippen molar-refractivity contribution in [2.75, 3.05) is 5.32 Å². The van der Waals surface area contributed by atoms with E-state index < -0.39 is 0 Å². The highest BCUT2D eigenvalue weighted by Gasteiger charge is 2.30. The Labute approximate surface area is 173 Å². The minimum atomic E-state index is -0.134. The van der Waals surface area contributed by atoms with Crippen LogP contribution in [0.5, 0.6) is 0 Å². The summed E-state index contributed by atoms with van der Waals surface area (Å²) < 4.78 is 1.90. The van der Waals surface area contributed by atoms with Gasteiger partial charge in [0.05, 0.1) is 21.3 Å². The van der Waals surface area contributed by atoms with Crippen LogP contribution in [0.2, 0.25) is 0 Å². The van der Waals surface area contributed by atoms with E-state index in [9.17, 15) is 9.59 Å². The molecule has 1 aromatic carbocycles. The highest BCUT2D eigenvalue weighted by atomic mass is 32.1. The predicted octanol–water partition coefficient (Wildman–Crippen LogP) is 4.14. The van der Waals surface area contributed by atoms with Gasteiger partial charge in [-0.25, -0.2) is 4.68 Å². The third-order valence-electron chi connectivity index (χ3n) is 5.19. The monoisotopic (exact) mass is 408 g/mol. The lowest BCUT2D eigenvalue weighted by atomic mass is 10.2. The fourth-order valence-electron chi connectivity index (χ4n) is 3.34. The van der Waals surface area contributed by atoms with Crippen molar-refractivity contribution in [1.82, 2.24) is 15.1 Å². The number of hydrogen-bond acceptors (Lipinski definition) is 4. The smallest absolute Gasteiger partial charge is 0.261 e. The molecule has 6 nitrogen and oxygen atoms in total. The van der Waals surface area contributed by atoms with Crippen molar-refractivity contribution in [2.45, 2.75) is 40.2 Å². The van der Waals surface area contributed by atoms with Crippen LogP contribution < -0.4 is 10.6 Å². The summed E-state index contributed by atoms with van der Waals surface area (Å²) in [5.41, 5.74) is 4.78. The van der Waals surface area contributed by atoms with Crippen LogP contribution in [0.1, 0.15) is 45.0 Å². The van der Waals surface area contributed by atoms with Gasteiger partial charge in [0.25, 0.3) is 5.91 Å². The molecule has 29 heavy (non-hydrogen) atoms. The van der Waals surface area contributed by atoms with Crippen molar-refractivity contribution in [3.05, 3.63) is 63.8 Å². The number of nitrogens with zero attached hydrogens (tertiary/aromatic N) is 2. The fraction of sp³-hybridized carbons (Fsp3) is 0.318. The van der Waals surface area contributed by atoms with Gasteiger partial charge in [-0.1, -0.05) is 18.2 Å². The fourth-order valence-corrected chi connectivity index (χ4v) is 4.33. The van der Waals surface area contributed by atoms with Crippen LogP contribution in [0.25, 0.3) is 5.69 Å². The van der Waals surface area contributed by atoms with Gasteiger partial charge in [0.1, 0.15) is 0 Å². The molecule has 2 aromatic heterocycles. The molecule has 2 N–H and O–H groups in total. The number of hydrogen-bond donors (Lipinski definition) is 2. The van der Waals surface area contributed by atoms with E-state index in [0.717, 1.165) is 46.0 Å². The zero-order valence-corrected chi connectivity index (χ0v) is 17.6. The molecule has 2 heterocycles. The first-order valence-corrected chi connectivity index (χ1v) is 10.6. The van der Waals surface area contributed by atoms with Crippen molar-refractivity contribution in [2.24, 2.45) is 5.92 Å². The molecule has 3 aromatic rings. The normalized spacial score (nSPS) is 13.3. The second kappa shape index (κ2) is 7.83. The van der Waals surface area contributed by atoms with E-state index in [1.807, 2.05) is 61.9 Å². The number of anilines is 1. The molecule has 1 aliphatic carbocycles. The number of aryl methyl sites for hydroxylation is 2. The first-order valence-electron chi connectivity index (χ1n) is 9.74. The predicted molar refractivity (Wildman–Crippen MR) is 115 cm³/mol. The van der Waals surface area contributed by atoms with Crippen LogP contribution in [-0.4, -0.2) is 21.6 Å². The molecule has 0 atom stereocenters. The molecule has 1 aliphatic rings. The summed E-state index contributed by atoms with van der Waals surface area (Å²) in [5, 5.41) is 11.3. The number of carbonyl (C=O) groups excluding carboxylic acids is 2. The summed E-state index contributed by atoms with van der Waals surface area (Å²) in [6.45, 7) is 6.26. The molecular weight excluding hydrogens is 384 g/mol. The van der Waals surface area contributed by atoms with Crippen molar-refractivity contribution in [3.63, 3.8) is 0 Å². The average Bonchev–Trinajstić information content (AvgIpc) is 3.44. The Balaban J connectivity index is 1.45. The van der Waals surface area contributed by atoms with Gasteiger partial charge in [-0.2, -0.15) is 5.10 Å². The Morgan fingerprint density at radius 2 is 1.90 bits per heavy atom. The second-order valence-corrected chi connectivity index (χ2v) is 8.52. The largest absolute Gasteiger partial charge is 0.347 e. The molecular formula is C22H24N4O2S. The molecule has 0 aliphatic heterocycles. The topological polar surface area (TPSA) is 76.0 Å². The number of nitrogens with one attached hydrogen (secondary N) is 2. The molecule has 2 amide bonds.